The summed E-state index contributed by atoms with van der Waals surface area (Å²) >= 11 is 0. The van der Waals surface area contributed by atoms with E-state index < -0.39 is 11.7 Å². The Morgan fingerprint density at radius 3 is 2.93 bits per heavy atom. The highest BCUT2D eigenvalue weighted by Gasteiger charge is 2.54. The predicted octanol–water partition coefficient (Wildman–Crippen LogP) is 1.57. The maximum absolute atomic E-state index is 14.5. The Kier molecular flexibility index (Phi) is 4.52. The second-order valence-corrected chi connectivity index (χ2v) is 8.45. The highest BCUT2D eigenvalue weighted by Crippen LogP contribution is 2.52. The van der Waals surface area contributed by atoms with Gasteiger partial charge in [0.25, 0.3) is 0 Å². The average molecular weight is 410 g/mol. The first-order valence-electron chi connectivity index (χ1n) is 10.2. The molecule has 2 amide bonds. The van der Waals surface area contributed by atoms with Crippen LogP contribution in [0.5, 0.6) is 0 Å². The summed E-state index contributed by atoms with van der Waals surface area (Å²) < 4.78 is 14.5. The molecular weight excluding hydrogens is 387 g/mol. The standard InChI is InChI=1S/C21H23FN6O2/c22-15-9-25-21-26-13-3-1-2-10(4-13)5-16(29)24-8-12-6-11-7-14(12)18(17(11)19(23)30)27-20(15)28-21/h1-4,9,11-12,14,17-18H,5-8H2,(H2,23,30)(H,24,29)(H2,25,26,27,28)/t11-,12?,14+,17-,18+/m0/s1. The number of anilines is 3. The third-order valence-corrected chi connectivity index (χ3v) is 6.63. The van der Waals surface area contributed by atoms with Gasteiger partial charge in [0.15, 0.2) is 11.6 Å². The zero-order chi connectivity index (χ0) is 20.8. The summed E-state index contributed by atoms with van der Waals surface area (Å²) in [4.78, 5) is 33.0. The Hall–Kier alpha value is -3.23. The van der Waals surface area contributed by atoms with E-state index in [9.17, 15) is 14.0 Å². The molecule has 1 aliphatic heterocycles. The van der Waals surface area contributed by atoms with Crippen molar-refractivity contribution >= 4 is 29.3 Å². The van der Waals surface area contributed by atoms with E-state index in [-0.39, 0.29) is 53.8 Å². The minimum Gasteiger partial charge on any atom is -0.369 e. The quantitative estimate of drug-likeness (QED) is 0.566. The van der Waals surface area contributed by atoms with Crippen molar-refractivity contribution in [2.75, 3.05) is 17.2 Å². The lowest BCUT2D eigenvalue weighted by atomic mass is 9.77. The van der Waals surface area contributed by atoms with Gasteiger partial charge in [-0.15, -0.1) is 0 Å². The summed E-state index contributed by atoms with van der Waals surface area (Å²) in [5.41, 5.74) is 7.24. The molecule has 2 heterocycles. The molecule has 3 aliphatic rings. The van der Waals surface area contributed by atoms with E-state index in [4.69, 9.17) is 5.73 Å². The minimum atomic E-state index is -0.588. The van der Waals surface area contributed by atoms with Gasteiger partial charge < -0.3 is 21.7 Å². The van der Waals surface area contributed by atoms with Crippen molar-refractivity contribution in [3.63, 3.8) is 0 Å². The Labute approximate surface area is 172 Å². The molecule has 1 unspecified atom stereocenters. The molecule has 8 nitrogen and oxygen atoms in total. The monoisotopic (exact) mass is 410 g/mol. The summed E-state index contributed by atoms with van der Waals surface area (Å²) in [6.07, 6.45) is 3.02. The van der Waals surface area contributed by atoms with Gasteiger partial charge >= 0.3 is 0 Å². The number of primary amides is 1. The van der Waals surface area contributed by atoms with Crippen LogP contribution in [0.2, 0.25) is 0 Å². The summed E-state index contributed by atoms with van der Waals surface area (Å²) in [5.74, 6) is -0.715. The van der Waals surface area contributed by atoms with Crippen LogP contribution < -0.4 is 21.7 Å². The fraction of sp³-hybridized carbons (Fsp3) is 0.429. The van der Waals surface area contributed by atoms with Crippen molar-refractivity contribution in [1.82, 2.24) is 15.3 Å². The first-order chi connectivity index (χ1) is 14.5. The van der Waals surface area contributed by atoms with Crippen molar-refractivity contribution in [2.45, 2.75) is 25.3 Å². The first kappa shape index (κ1) is 18.8. The van der Waals surface area contributed by atoms with Crippen LogP contribution in [-0.4, -0.2) is 34.4 Å². The zero-order valence-corrected chi connectivity index (χ0v) is 16.3. The van der Waals surface area contributed by atoms with Crippen molar-refractivity contribution in [1.29, 1.82) is 0 Å². The molecule has 9 heteroatoms. The topological polar surface area (TPSA) is 122 Å². The highest BCUT2D eigenvalue weighted by molar-refractivity contribution is 5.80. The van der Waals surface area contributed by atoms with Crippen LogP contribution in [0, 0.1) is 29.5 Å². The van der Waals surface area contributed by atoms with Gasteiger partial charge in [-0.2, -0.15) is 4.98 Å². The number of hydrogen-bond donors (Lipinski definition) is 4. The average Bonchev–Trinajstić information content (AvgIpc) is 3.27. The smallest absolute Gasteiger partial charge is 0.229 e. The lowest BCUT2D eigenvalue weighted by Crippen LogP contribution is -2.47. The number of hydrogen-bond acceptors (Lipinski definition) is 6. The number of benzene rings is 1. The fourth-order valence-corrected chi connectivity index (χ4v) is 5.40. The van der Waals surface area contributed by atoms with Gasteiger partial charge in [-0.05, 0) is 48.3 Å². The SMILES string of the molecule is NC(=O)[C@H]1[C@H]2CC3CNC(=O)Cc4cccc(c4)Nc4ncc(F)c(n4)N[C@@H]1[C@@H]3C2. The molecule has 2 aromatic rings. The second-order valence-electron chi connectivity index (χ2n) is 8.45. The molecule has 5 N–H and O–H groups in total. The Morgan fingerprint density at radius 2 is 2.10 bits per heavy atom. The highest BCUT2D eigenvalue weighted by atomic mass is 19.1. The van der Waals surface area contributed by atoms with Crippen LogP contribution in [-0.2, 0) is 16.0 Å². The van der Waals surface area contributed by atoms with Gasteiger partial charge in [0.2, 0.25) is 17.8 Å². The molecule has 2 fully saturated rings. The summed E-state index contributed by atoms with van der Waals surface area (Å²) in [5, 5.41) is 9.23. The lowest BCUT2D eigenvalue weighted by molar-refractivity contribution is -0.124. The molecule has 2 aliphatic carbocycles. The number of nitrogens with two attached hydrogens (primary N) is 1. The van der Waals surface area contributed by atoms with Gasteiger partial charge in [-0.1, -0.05) is 12.1 Å². The molecule has 0 spiro atoms. The van der Waals surface area contributed by atoms with E-state index >= 15 is 0 Å². The van der Waals surface area contributed by atoms with Crippen LogP contribution in [0.4, 0.5) is 21.8 Å². The van der Waals surface area contributed by atoms with E-state index in [1.165, 1.54) is 0 Å². The fourth-order valence-electron chi connectivity index (χ4n) is 5.40. The van der Waals surface area contributed by atoms with Crippen molar-refractivity contribution in [3.8, 4) is 0 Å². The number of rotatable bonds is 1. The van der Waals surface area contributed by atoms with Crippen LogP contribution in [0.15, 0.2) is 30.5 Å². The van der Waals surface area contributed by atoms with Gasteiger partial charge in [0.05, 0.1) is 18.5 Å². The Balaban J connectivity index is 1.53. The van der Waals surface area contributed by atoms with Gasteiger partial charge in [0.1, 0.15) is 0 Å². The molecule has 0 saturated heterocycles. The number of nitrogens with one attached hydrogen (secondary N) is 3. The van der Waals surface area contributed by atoms with Crippen LogP contribution >= 0.6 is 0 Å². The molecule has 6 bridgehead atoms. The third-order valence-electron chi connectivity index (χ3n) is 6.63. The molecule has 0 radical (unpaired) electrons. The van der Waals surface area contributed by atoms with Crippen molar-refractivity contribution in [3.05, 3.63) is 41.8 Å². The Bertz CT molecular complexity index is 1010. The Morgan fingerprint density at radius 1 is 1.23 bits per heavy atom. The minimum absolute atomic E-state index is 0.0464. The molecule has 5 rings (SSSR count). The van der Waals surface area contributed by atoms with Crippen molar-refractivity contribution < 1.29 is 14.0 Å². The molecule has 2 saturated carbocycles. The van der Waals surface area contributed by atoms with E-state index in [1.807, 2.05) is 24.3 Å². The van der Waals surface area contributed by atoms with E-state index in [0.717, 1.165) is 24.6 Å². The number of halogens is 1. The third kappa shape index (κ3) is 3.34. The lowest BCUT2D eigenvalue weighted by Gasteiger charge is -2.35. The number of carbonyl (C=O) groups excluding carboxylic acids is 2. The number of carbonyl (C=O) groups is 2. The van der Waals surface area contributed by atoms with Crippen LogP contribution in [0.25, 0.3) is 0 Å². The van der Waals surface area contributed by atoms with Crippen LogP contribution in [0.1, 0.15) is 18.4 Å². The molecule has 5 atom stereocenters. The normalized spacial score (nSPS) is 29.8. The van der Waals surface area contributed by atoms with Gasteiger partial charge in [-0.3, -0.25) is 9.59 Å². The zero-order valence-electron chi connectivity index (χ0n) is 16.3. The predicted molar refractivity (Wildman–Crippen MR) is 108 cm³/mol. The largest absolute Gasteiger partial charge is 0.369 e. The number of nitrogens with zero attached hydrogens (tertiary/aromatic N) is 2. The number of fused-ring (bicyclic) bond motifs is 5. The maximum atomic E-state index is 14.5. The number of amides is 2. The molecular formula is C21H23FN6O2. The van der Waals surface area contributed by atoms with Gasteiger partial charge in [-0.25, -0.2) is 9.37 Å². The molecule has 1 aromatic carbocycles. The van der Waals surface area contributed by atoms with Crippen LogP contribution in [0.3, 0.4) is 0 Å². The molecule has 30 heavy (non-hydrogen) atoms. The van der Waals surface area contributed by atoms with E-state index in [2.05, 4.69) is 25.9 Å². The van der Waals surface area contributed by atoms with E-state index in [0.29, 0.717) is 12.2 Å². The summed E-state index contributed by atoms with van der Waals surface area (Å²) in [6.45, 7) is 0.527. The van der Waals surface area contributed by atoms with E-state index in [1.54, 1.807) is 0 Å². The molecule has 1 aromatic heterocycles. The number of aromatic nitrogens is 2. The summed E-state index contributed by atoms with van der Waals surface area (Å²) in [7, 11) is 0. The van der Waals surface area contributed by atoms with Crippen molar-refractivity contribution in [2.24, 2.45) is 29.4 Å². The second kappa shape index (κ2) is 7.23. The first-order valence-corrected chi connectivity index (χ1v) is 10.2. The van der Waals surface area contributed by atoms with Gasteiger partial charge in [0, 0.05) is 18.3 Å². The molecule has 156 valence electrons. The summed E-state index contributed by atoms with van der Waals surface area (Å²) in [6, 6.07) is 7.06. The maximum Gasteiger partial charge on any atom is 0.229 e.